The van der Waals surface area contributed by atoms with Gasteiger partial charge in [0.05, 0.1) is 10.5 Å². The number of hydrogen-bond acceptors (Lipinski definition) is 1. The molecule has 2 aromatic rings. The molecule has 0 radical (unpaired) electrons. The predicted octanol–water partition coefficient (Wildman–Crippen LogP) is 4.98. The van der Waals surface area contributed by atoms with Gasteiger partial charge in [0.1, 0.15) is 5.82 Å². The normalized spacial score (nSPS) is 12.4. The summed E-state index contributed by atoms with van der Waals surface area (Å²) in [7, 11) is 0. The van der Waals surface area contributed by atoms with Gasteiger partial charge in [-0.1, -0.05) is 49.7 Å². The first-order chi connectivity index (χ1) is 9.63. The number of rotatable bonds is 5. The molecule has 0 saturated carbocycles. The molecule has 106 valence electrons. The van der Waals surface area contributed by atoms with Crippen molar-refractivity contribution in [3.63, 3.8) is 0 Å². The largest absolute Gasteiger partial charge is 0.320 e. The fourth-order valence-electron chi connectivity index (χ4n) is 2.21. The quantitative estimate of drug-likeness (QED) is 0.819. The molecule has 0 aliphatic heterocycles. The van der Waals surface area contributed by atoms with Gasteiger partial charge in [-0.3, -0.25) is 0 Å². The molecule has 2 rings (SSSR count). The second-order valence-electron chi connectivity index (χ2n) is 4.97. The number of nitrogens with two attached hydrogens (primary N) is 1. The average molecular weight is 336 g/mol. The van der Waals surface area contributed by atoms with Crippen LogP contribution in [0.1, 0.15) is 42.5 Å². The highest BCUT2D eigenvalue weighted by atomic mass is 79.9. The highest BCUT2D eigenvalue weighted by Crippen LogP contribution is 2.27. The Hall–Kier alpha value is -1.19. The Balaban J connectivity index is 2.20. The Labute approximate surface area is 128 Å². The molecule has 1 nitrogen and oxygen atoms in total. The van der Waals surface area contributed by atoms with Crippen LogP contribution in [0.4, 0.5) is 4.39 Å². The van der Waals surface area contributed by atoms with Crippen molar-refractivity contribution in [1.82, 2.24) is 0 Å². The van der Waals surface area contributed by atoms with E-state index in [0.717, 1.165) is 12.0 Å². The van der Waals surface area contributed by atoms with Crippen LogP contribution in [0.2, 0.25) is 0 Å². The van der Waals surface area contributed by atoms with Crippen molar-refractivity contribution in [3.8, 4) is 0 Å². The molecule has 20 heavy (non-hydrogen) atoms. The topological polar surface area (TPSA) is 26.0 Å². The molecule has 1 unspecified atom stereocenters. The van der Waals surface area contributed by atoms with Gasteiger partial charge in [-0.2, -0.15) is 0 Å². The molecule has 0 saturated heterocycles. The molecule has 0 amide bonds. The Bertz CT molecular complexity index is 566. The maximum Gasteiger partial charge on any atom is 0.142 e. The number of benzene rings is 2. The highest BCUT2D eigenvalue weighted by molar-refractivity contribution is 9.10. The van der Waals surface area contributed by atoms with Crippen molar-refractivity contribution in [2.75, 3.05) is 0 Å². The minimum Gasteiger partial charge on any atom is -0.320 e. The van der Waals surface area contributed by atoms with E-state index in [9.17, 15) is 4.39 Å². The monoisotopic (exact) mass is 335 g/mol. The minimum absolute atomic E-state index is 0.282. The third-order valence-electron chi connectivity index (χ3n) is 3.47. The molecule has 1 atom stereocenters. The van der Waals surface area contributed by atoms with Gasteiger partial charge in [0.2, 0.25) is 0 Å². The van der Waals surface area contributed by atoms with Gasteiger partial charge in [-0.15, -0.1) is 0 Å². The molecule has 2 aromatic carbocycles. The Morgan fingerprint density at radius 2 is 1.85 bits per heavy atom. The summed E-state index contributed by atoms with van der Waals surface area (Å²) < 4.78 is 14.5. The van der Waals surface area contributed by atoms with E-state index in [1.807, 2.05) is 12.1 Å². The zero-order chi connectivity index (χ0) is 14.5. The fraction of sp³-hybridized carbons (Fsp3) is 0.294. The fourth-order valence-corrected chi connectivity index (χ4v) is 2.59. The average Bonchev–Trinajstić information content (AvgIpc) is 2.48. The van der Waals surface area contributed by atoms with Crippen LogP contribution in [-0.2, 0) is 6.42 Å². The molecular formula is C17H19BrFN. The summed E-state index contributed by atoms with van der Waals surface area (Å²) in [6.07, 6.45) is 3.45. The van der Waals surface area contributed by atoms with Gasteiger partial charge in [-0.05, 0) is 46.0 Å². The minimum atomic E-state index is -0.437. The SMILES string of the molecule is CCCCc1ccc(C(N)c2cccc(Br)c2F)cc1. The molecule has 2 N–H and O–H groups in total. The van der Waals surface area contributed by atoms with Crippen molar-refractivity contribution in [2.45, 2.75) is 32.2 Å². The van der Waals surface area contributed by atoms with Crippen LogP contribution in [0.15, 0.2) is 46.9 Å². The van der Waals surface area contributed by atoms with Crippen LogP contribution in [0.3, 0.4) is 0 Å². The Morgan fingerprint density at radius 3 is 2.50 bits per heavy atom. The smallest absolute Gasteiger partial charge is 0.142 e. The second kappa shape index (κ2) is 7.00. The lowest BCUT2D eigenvalue weighted by molar-refractivity contribution is 0.593. The molecule has 0 bridgehead atoms. The van der Waals surface area contributed by atoms with Crippen molar-refractivity contribution in [2.24, 2.45) is 5.73 Å². The number of aryl methyl sites for hydroxylation is 1. The van der Waals surface area contributed by atoms with E-state index in [1.54, 1.807) is 18.2 Å². The van der Waals surface area contributed by atoms with Crippen LogP contribution in [-0.4, -0.2) is 0 Å². The van der Waals surface area contributed by atoms with E-state index in [2.05, 4.69) is 35.0 Å². The standard InChI is InChI=1S/C17H19BrFN/c1-2-3-5-12-8-10-13(11-9-12)17(20)14-6-4-7-15(18)16(14)19/h4,6-11,17H,2-3,5,20H2,1H3. The van der Waals surface area contributed by atoms with Gasteiger partial charge in [-0.25, -0.2) is 4.39 Å². The zero-order valence-corrected chi connectivity index (χ0v) is 13.2. The highest BCUT2D eigenvalue weighted by Gasteiger charge is 2.15. The predicted molar refractivity (Wildman–Crippen MR) is 85.2 cm³/mol. The van der Waals surface area contributed by atoms with E-state index in [-0.39, 0.29) is 5.82 Å². The number of hydrogen-bond donors (Lipinski definition) is 1. The van der Waals surface area contributed by atoms with Crippen molar-refractivity contribution < 1.29 is 4.39 Å². The summed E-state index contributed by atoms with van der Waals surface area (Å²) in [5.74, 6) is -0.282. The lowest BCUT2D eigenvalue weighted by atomic mass is 9.97. The van der Waals surface area contributed by atoms with E-state index >= 15 is 0 Å². The van der Waals surface area contributed by atoms with E-state index < -0.39 is 6.04 Å². The van der Waals surface area contributed by atoms with Gasteiger partial charge < -0.3 is 5.73 Å². The molecule has 0 fully saturated rings. The molecule has 0 aromatic heterocycles. The molecular weight excluding hydrogens is 317 g/mol. The lowest BCUT2D eigenvalue weighted by Crippen LogP contribution is -2.13. The summed E-state index contributed by atoms with van der Waals surface area (Å²) in [5.41, 5.74) is 8.93. The zero-order valence-electron chi connectivity index (χ0n) is 11.6. The maximum atomic E-state index is 14.1. The Morgan fingerprint density at radius 1 is 1.15 bits per heavy atom. The molecule has 0 aliphatic carbocycles. The second-order valence-corrected chi connectivity index (χ2v) is 5.82. The third kappa shape index (κ3) is 3.47. The summed E-state index contributed by atoms with van der Waals surface area (Å²) in [4.78, 5) is 0. The molecule has 3 heteroatoms. The number of unbranched alkanes of at least 4 members (excludes halogenated alkanes) is 1. The summed E-state index contributed by atoms with van der Waals surface area (Å²) >= 11 is 3.20. The number of halogens is 2. The first-order valence-electron chi connectivity index (χ1n) is 6.91. The van der Waals surface area contributed by atoms with Crippen LogP contribution in [0.5, 0.6) is 0 Å². The van der Waals surface area contributed by atoms with Crippen LogP contribution in [0.25, 0.3) is 0 Å². The molecule has 0 spiro atoms. The van der Waals surface area contributed by atoms with Crippen LogP contribution < -0.4 is 5.73 Å². The van der Waals surface area contributed by atoms with Crippen LogP contribution >= 0.6 is 15.9 Å². The van der Waals surface area contributed by atoms with Gasteiger partial charge in [0.25, 0.3) is 0 Å². The van der Waals surface area contributed by atoms with E-state index in [1.165, 1.54) is 18.4 Å². The molecule has 0 heterocycles. The van der Waals surface area contributed by atoms with E-state index in [4.69, 9.17) is 5.73 Å². The summed E-state index contributed by atoms with van der Waals surface area (Å²) in [5, 5.41) is 0. The third-order valence-corrected chi connectivity index (χ3v) is 4.09. The van der Waals surface area contributed by atoms with E-state index in [0.29, 0.717) is 10.0 Å². The van der Waals surface area contributed by atoms with Crippen molar-refractivity contribution in [1.29, 1.82) is 0 Å². The summed E-state index contributed by atoms with van der Waals surface area (Å²) in [6, 6.07) is 12.9. The van der Waals surface area contributed by atoms with Gasteiger partial charge >= 0.3 is 0 Å². The van der Waals surface area contributed by atoms with Gasteiger partial charge in [0.15, 0.2) is 0 Å². The molecule has 0 aliphatic rings. The Kier molecular flexibility index (Phi) is 5.32. The van der Waals surface area contributed by atoms with Crippen molar-refractivity contribution >= 4 is 15.9 Å². The lowest BCUT2D eigenvalue weighted by Gasteiger charge is -2.14. The maximum absolute atomic E-state index is 14.1. The van der Waals surface area contributed by atoms with Crippen LogP contribution in [0, 0.1) is 5.82 Å². The van der Waals surface area contributed by atoms with Gasteiger partial charge in [0, 0.05) is 5.56 Å². The first-order valence-corrected chi connectivity index (χ1v) is 7.71. The van der Waals surface area contributed by atoms with Crippen molar-refractivity contribution in [3.05, 3.63) is 69.4 Å². The first kappa shape index (κ1) is 15.2. The summed E-state index contributed by atoms with van der Waals surface area (Å²) in [6.45, 7) is 2.18.